The van der Waals surface area contributed by atoms with E-state index in [2.05, 4.69) is 21.2 Å². The Morgan fingerprint density at radius 3 is 3.00 bits per heavy atom. The maximum absolute atomic E-state index is 12.3. The minimum absolute atomic E-state index is 0.0219. The normalized spacial score (nSPS) is 22.3. The molecule has 2 rings (SSSR count). The zero-order chi connectivity index (χ0) is 13.8. The average molecular weight is 327 g/mol. The molecule has 0 spiro atoms. The molecular formula is C14H19BrN2O2. The van der Waals surface area contributed by atoms with E-state index in [0.717, 1.165) is 23.7 Å². The molecule has 0 aromatic heterocycles. The maximum Gasteiger partial charge on any atom is 0.227 e. The highest BCUT2D eigenvalue weighted by Crippen LogP contribution is 2.34. The second-order valence-corrected chi connectivity index (χ2v) is 5.78. The van der Waals surface area contributed by atoms with Gasteiger partial charge >= 0.3 is 0 Å². The summed E-state index contributed by atoms with van der Waals surface area (Å²) in [4.78, 5) is 12.3. The molecule has 0 aliphatic heterocycles. The smallest absolute Gasteiger partial charge is 0.227 e. The van der Waals surface area contributed by atoms with E-state index < -0.39 is 0 Å². The van der Waals surface area contributed by atoms with Crippen LogP contribution in [0.25, 0.3) is 0 Å². The van der Waals surface area contributed by atoms with Crippen LogP contribution < -0.4 is 15.8 Å². The number of carbonyl (C=O) groups excluding carboxylic acids is 1. The Morgan fingerprint density at radius 1 is 1.53 bits per heavy atom. The van der Waals surface area contributed by atoms with Gasteiger partial charge in [0.15, 0.2) is 0 Å². The highest BCUT2D eigenvalue weighted by atomic mass is 79.9. The van der Waals surface area contributed by atoms with Crippen molar-refractivity contribution in [2.24, 2.45) is 17.6 Å². The number of benzene rings is 1. The average Bonchev–Trinajstić information content (AvgIpc) is 2.87. The molecule has 104 valence electrons. The fraction of sp³-hybridized carbons (Fsp3) is 0.500. The molecule has 1 aliphatic carbocycles. The Hall–Kier alpha value is -1.07. The van der Waals surface area contributed by atoms with Crippen LogP contribution in [-0.2, 0) is 4.79 Å². The van der Waals surface area contributed by atoms with Crippen LogP contribution in [0.4, 0.5) is 5.69 Å². The van der Waals surface area contributed by atoms with Gasteiger partial charge in [-0.2, -0.15) is 0 Å². The summed E-state index contributed by atoms with van der Waals surface area (Å²) in [5.41, 5.74) is 6.42. The lowest BCUT2D eigenvalue weighted by Crippen LogP contribution is -2.29. The number of anilines is 1. The van der Waals surface area contributed by atoms with E-state index >= 15 is 0 Å². The number of methoxy groups -OCH3 is 1. The topological polar surface area (TPSA) is 64.3 Å². The zero-order valence-corrected chi connectivity index (χ0v) is 12.6. The molecule has 1 amide bonds. The molecular weight excluding hydrogens is 308 g/mol. The largest absolute Gasteiger partial charge is 0.495 e. The SMILES string of the molecule is COc1ccc(Br)cc1NC(=O)C1CCCC1CN. The number of nitrogens with two attached hydrogens (primary N) is 1. The molecule has 19 heavy (non-hydrogen) atoms. The first-order valence-electron chi connectivity index (χ1n) is 6.50. The summed E-state index contributed by atoms with van der Waals surface area (Å²) in [6.07, 6.45) is 3.05. The van der Waals surface area contributed by atoms with Gasteiger partial charge in [0.05, 0.1) is 12.8 Å². The molecule has 5 heteroatoms. The molecule has 1 aromatic carbocycles. The summed E-state index contributed by atoms with van der Waals surface area (Å²) in [6.45, 7) is 0.577. The number of carbonyl (C=O) groups is 1. The van der Waals surface area contributed by atoms with Crippen LogP contribution >= 0.6 is 15.9 Å². The third-order valence-electron chi connectivity index (χ3n) is 3.72. The van der Waals surface area contributed by atoms with Gasteiger partial charge in [-0.25, -0.2) is 0 Å². The van der Waals surface area contributed by atoms with E-state index in [9.17, 15) is 4.79 Å². The summed E-state index contributed by atoms with van der Waals surface area (Å²) in [5.74, 6) is 1.04. The molecule has 1 fully saturated rings. The molecule has 1 aliphatic rings. The number of amides is 1. The predicted octanol–water partition coefficient (Wildman–Crippen LogP) is 2.77. The number of rotatable bonds is 4. The van der Waals surface area contributed by atoms with Crippen molar-refractivity contribution in [3.63, 3.8) is 0 Å². The van der Waals surface area contributed by atoms with Gasteiger partial charge in [0, 0.05) is 10.4 Å². The molecule has 0 heterocycles. The van der Waals surface area contributed by atoms with Crippen LogP contribution in [0.3, 0.4) is 0 Å². The van der Waals surface area contributed by atoms with Crippen molar-refractivity contribution in [2.75, 3.05) is 19.0 Å². The van der Waals surface area contributed by atoms with Crippen LogP contribution in [0, 0.1) is 11.8 Å². The van der Waals surface area contributed by atoms with Gasteiger partial charge in [0.25, 0.3) is 0 Å². The second kappa shape index (κ2) is 6.39. The first-order valence-corrected chi connectivity index (χ1v) is 7.29. The molecule has 2 unspecified atom stereocenters. The molecule has 1 saturated carbocycles. The van der Waals surface area contributed by atoms with Crippen molar-refractivity contribution >= 4 is 27.5 Å². The van der Waals surface area contributed by atoms with Crippen LogP contribution in [-0.4, -0.2) is 19.6 Å². The van der Waals surface area contributed by atoms with Crippen LogP contribution in [0.5, 0.6) is 5.75 Å². The Kier molecular flexibility index (Phi) is 4.82. The monoisotopic (exact) mass is 326 g/mol. The molecule has 0 bridgehead atoms. The molecule has 4 nitrogen and oxygen atoms in total. The van der Waals surface area contributed by atoms with Crippen molar-refractivity contribution < 1.29 is 9.53 Å². The van der Waals surface area contributed by atoms with E-state index in [1.54, 1.807) is 7.11 Å². The summed E-state index contributed by atoms with van der Waals surface area (Å²) < 4.78 is 6.16. The number of nitrogens with one attached hydrogen (secondary N) is 1. The van der Waals surface area contributed by atoms with Crippen molar-refractivity contribution in [3.8, 4) is 5.75 Å². The summed E-state index contributed by atoms with van der Waals surface area (Å²) in [7, 11) is 1.59. The molecule has 2 atom stereocenters. The summed E-state index contributed by atoms with van der Waals surface area (Å²) in [6, 6.07) is 5.56. The fourth-order valence-corrected chi connectivity index (χ4v) is 3.03. The minimum Gasteiger partial charge on any atom is -0.495 e. The van der Waals surface area contributed by atoms with Gasteiger partial charge in [-0.3, -0.25) is 4.79 Å². The number of hydrogen-bond acceptors (Lipinski definition) is 3. The van der Waals surface area contributed by atoms with E-state index in [1.807, 2.05) is 18.2 Å². The zero-order valence-electron chi connectivity index (χ0n) is 11.0. The van der Waals surface area contributed by atoms with Gasteiger partial charge in [-0.15, -0.1) is 0 Å². The number of halogens is 1. The van der Waals surface area contributed by atoms with Gasteiger partial charge in [0.1, 0.15) is 5.75 Å². The maximum atomic E-state index is 12.3. The first kappa shape index (κ1) is 14.3. The highest BCUT2D eigenvalue weighted by Gasteiger charge is 2.32. The van der Waals surface area contributed by atoms with E-state index in [0.29, 0.717) is 23.9 Å². The quantitative estimate of drug-likeness (QED) is 0.894. The lowest BCUT2D eigenvalue weighted by atomic mass is 9.95. The van der Waals surface area contributed by atoms with Crippen LogP contribution in [0.2, 0.25) is 0 Å². The lowest BCUT2D eigenvalue weighted by molar-refractivity contribution is -0.120. The molecule has 1 aromatic rings. The highest BCUT2D eigenvalue weighted by molar-refractivity contribution is 9.10. The van der Waals surface area contributed by atoms with Crippen molar-refractivity contribution in [1.82, 2.24) is 0 Å². The minimum atomic E-state index is 0.0219. The van der Waals surface area contributed by atoms with Crippen LogP contribution in [0.1, 0.15) is 19.3 Å². The number of hydrogen-bond donors (Lipinski definition) is 2. The Morgan fingerprint density at radius 2 is 2.32 bits per heavy atom. The Bertz CT molecular complexity index is 465. The predicted molar refractivity (Wildman–Crippen MR) is 79.2 cm³/mol. The fourth-order valence-electron chi connectivity index (χ4n) is 2.67. The standard InChI is InChI=1S/C14H19BrN2O2/c1-19-13-6-5-10(15)7-12(13)17-14(18)11-4-2-3-9(11)8-16/h5-7,9,11H,2-4,8,16H2,1H3,(H,17,18). The van der Waals surface area contributed by atoms with Crippen molar-refractivity contribution in [2.45, 2.75) is 19.3 Å². The van der Waals surface area contributed by atoms with Crippen molar-refractivity contribution in [3.05, 3.63) is 22.7 Å². The summed E-state index contributed by atoms with van der Waals surface area (Å²) in [5, 5.41) is 2.96. The van der Waals surface area contributed by atoms with E-state index in [4.69, 9.17) is 10.5 Å². The third kappa shape index (κ3) is 3.28. The second-order valence-electron chi connectivity index (χ2n) is 4.87. The number of ether oxygens (including phenoxy) is 1. The Balaban J connectivity index is 2.12. The third-order valence-corrected chi connectivity index (χ3v) is 4.21. The molecule has 3 N–H and O–H groups in total. The summed E-state index contributed by atoms with van der Waals surface area (Å²) >= 11 is 3.40. The van der Waals surface area contributed by atoms with Gasteiger partial charge in [-0.05, 0) is 43.5 Å². The molecule has 0 saturated heterocycles. The van der Waals surface area contributed by atoms with E-state index in [-0.39, 0.29) is 11.8 Å². The van der Waals surface area contributed by atoms with Crippen LogP contribution in [0.15, 0.2) is 22.7 Å². The van der Waals surface area contributed by atoms with Crippen molar-refractivity contribution in [1.29, 1.82) is 0 Å². The first-order chi connectivity index (χ1) is 9.15. The van der Waals surface area contributed by atoms with Gasteiger partial charge in [0.2, 0.25) is 5.91 Å². The molecule has 0 radical (unpaired) electrons. The lowest BCUT2D eigenvalue weighted by Gasteiger charge is -2.18. The van der Waals surface area contributed by atoms with E-state index in [1.165, 1.54) is 0 Å². The van der Waals surface area contributed by atoms with Gasteiger partial charge < -0.3 is 15.8 Å². The van der Waals surface area contributed by atoms with Gasteiger partial charge in [-0.1, -0.05) is 22.4 Å². The Labute approximate surface area is 121 Å².